The minimum Gasteiger partial charge on any atom is -0.370 e. The number of pyridine rings is 1. The van der Waals surface area contributed by atoms with Crippen LogP contribution in [-0.4, -0.2) is 25.5 Å². The molecule has 0 radical (unpaired) electrons. The summed E-state index contributed by atoms with van der Waals surface area (Å²) < 4.78 is 27.8. The maximum atomic E-state index is 12.5. The Balaban J connectivity index is 2.92. The lowest BCUT2D eigenvalue weighted by molar-refractivity contribution is 0.341. The highest BCUT2D eigenvalue weighted by Gasteiger charge is 2.30. The SMILES string of the molecule is CCCNc1ccc(S(=O)(=O)NC(CC)(CC)CC)cn1. The van der Waals surface area contributed by atoms with E-state index in [1.807, 2.05) is 20.8 Å². The highest BCUT2D eigenvalue weighted by Crippen LogP contribution is 2.23. The molecule has 1 heterocycles. The largest absolute Gasteiger partial charge is 0.370 e. The summed E-state index contributed by atoms with van der Waals surface area (Å²) in [5.74, 6) is 0.698. The Kier molecular flexibility index (Phi) is 6.61. The Morgan fingerprint density at radius 3 is 2.14 bits per heavy atom. The lowest BCUT2D eigenvalue weighted by Gasteiger charge is -2.31. The molecule has 1 aromatic heterocycles. The van der Waals surface area contributed by atoms with E-state index in [0.717, 1.165) is 32.2 Å². The highest BCUT2D eigenvalue weighted by atomic mass is 32.2. The molecule has 0 atom stereocenters. The van der Waals surface area contributed by atoms with Gasteiger partial charge in [0.05, 0.1) is 0 Å². The number of sulfonamides is 1. The normalized spacial score (nSPS) is 12.4. The van der Waals surface area contributed by atoms with Gasteiger partial charge in [-0.25, -0.2) is 18.1 Å². The Hall–Kier alpha value is -1.14. The Morgan fingerprint density at radius 2 is 1.71 bits per heavy atom. The van der Waals surface area contributed by atoms with Gasteiger partial charge in [-0.05, 0) is 37.8 Å². The molecule has 1 rings (SSSR count). The summed E-state index contributed by atoms with van der Waals surface area (Å²) >= 11 is 0. The van der Waals surface area contributed by atoms with Crippen molar-refractivity contribution in [3.63, 3.8) is 0 Å². The van der Waals surface area contributed by atoms with E-state index in [0.29, 0.717) is 5.82 Å². The first-order chi connectivity index (χ1) is 9.93. The van der Waals surface area contributed by atoms with Crippen LogP contribution in [0.15, 0.2) is 23.2 Å². The molecule has 0 spiro atoms. The maximum Gasteiger partial charge on any atom is 0.242 e. The fourth-order valence-electron chi connectivity index (χ4n) is 2.21. The molecule has 0 amide bonds. The molecular formula is C15H27N3O2S. The summed E-state index contributed by atoms with van der Waals surface area (Å²) in [4.78, 5) is 4.37. The van der Waals surface area contributed by atoms with Gasteiger partial charge in [0.15, 0.2) is 0 Å². The number of nitrogens with zero attached hydrogens (tertiary/aromatic N) is 1. The summed E-state index contributed by atoms with van der Waals surface area (Å²) in [5.41, 5.74) is -0.377. The van der Waals surface area contributed by atoms with Gasteiger partial charge in [-0.1, -0.05) is 27.7 Å². The third-order valence-corrected chi connectivity index (χ3v) is 5.55. The second-order valence-corrected chi connectivity index (χ2v) is 6.93. The lowest BCUT2D eigenvalue weighted by Crippen LogP contribution is -2.46. The molecule has 0 bridgehead atoms. The van der Waals surface area contributed by atoms with Crippen LogP contribution >= 0.6 is 0 Å². The lowest BCUT2D eigenvalue weighted by atomic mass is 9.91. The van der Waals surface area contributed by atoms with Crippen LogP contribution in [0.1, 0.15) is 53.4 Å². The number of hydrogen-bond acceptors (Lipinski definition) is 4. The van der Waals surface area contributed by atoms with Crippen molar-refractivity contribution in [1.82, 2.24) is 9.71 Å². The minimum absolute atomic E-state index is 0.212. The molecule has 2 N–H and O–H groups in total. The number of rotatable bonds is 9. The zero-order valence-electron chi connectivity index (χ0n) is 13.4. The van der Waals surface area contributed by atoms with E-state index in [1.165, 1.54) is 6.20 Å². The van der Waals surface area contributed by atoms with Crippen molar-refractivity contribution in [2.24, 2.45) is 0 Å². The molecule has 21 heavy (non-hydrogen) atoms. The Bertz CT molecular complexity index is 514. The Labute approximate surface area is 128 Å². The summed E-state index contributed by atoms with van der Waals surface area (Å²) in [5, 5.41) is 3.13. The number of nitrogens with one attached hydrogen (secondary N) is 2. The van der Waals surface area contributed by atoms with Gasteiger partial charge in [0, 0.05) is 18.3 Å². The van der Waals surface area contributed by atoms with Crippen LogP contribution in [0, 0.1) is 0 Å². The molecule has 0 saturated carbocycles. The van der Waals surface area contributed by atoms with Crippen LogP contribution < -0.4 is 10.0 Å². The summed E-state index contributed by atoms with van der Waals surface area (Å²) in [6, 6.07) is 3.30. The van der Waals surface area contributed by atoms with Crippen molar-refractivity contribution in [2.45, 2.75) is 63.8 Å². The fourth-order valence-corrected chi connectivity index (χ4v) is 3.77. The highest BCUT2D eigenvalue weighted by molar-refractivity contribution is 7.89. The third-order valence-electron chi connectivity index (χ3n) is 3.98. The van der Waals surface area contributed by atoms with Crippen molar-refractivity contribution in [3.05, 3.63) is 18.3 Å². The van der Waals surface area contributed by atoms with E-state index in [-0.39, 0.29) is 10.4 Å². The molecule has 0 unspecified atom stereocenters. The third kappa shape index (κ3) is 4.68. The minimum atomic E-state index is -3.53. The predicted molar refractivity (Wildman–Crippen MR) is 86.9 cm³/mol. The van der Waals surface area contributed by atoms with Gasteiger partial charge in [-0.3, -0.25) is 0 Å². The van der Waals surface area contributed by atoms with E-state index in [1.54, 1.807) is 12.1 Å². The molecule has 0 aromatic carbocycles. The second-order valence-electron chi connectivity index (χ2n) is 5.25. The molecule has 5 nitrogen and oxygen atoms in total. The van der Waals surface area contributed by atoms with Crippen molar-refractivity contribution < 1.29 is 8.42 Å². The maximum absolute atomic E-state index is 12.5. The topological polar surface area (TPSA) is 71.1 Å². The number of anilines is 1. The quantitative estimate of drug-likeness (QED) is 0.734. The Morgan fingerprint density at radius 1 is 1.10 bits per heavy atom. The van der Waals surface area contributed by atoms with Crippen LogP contribution in [0.4, 0.5) is 5.82 Å². The summed E-state index contributed by atoms with van der Waals surface area (Å²) in [6.07, 6.45) is 4.70. The second kappa shape index (κ2) is 7.75. The van der Waals surface area contributed by atoms with Gasteiger partial charge in [0.25, 0.3) is 0 Å². The van der Waals surface area contributed by atoms with Gasteiger partial charge in [0.2, 0.25) is 10.0 Å². The van der Waals surface area contributed by atoms with Gasteiger partial charge < -0.3 is 5.32 Å². The van der Waals surface area contributed by atoms with E-state index >= 15 is 0 Å². The summed E-state index contributed by atoms with van der Waals surface area (Å²) in [7, 11) is -3.53. The van der Waals surface area contributed by atoms with E-state index in [9.17, 15) is 8.42 Å². The van der Waals surface area contributed by atoms with Gasteiger partial charge in [-0.2, -0.15) is 0 Å². The predicted octanol–water partition coefficient (Wildman–Crippen LogP) is 3.15. The number of hydrogen-bond donors (Lipinski definition) is 2. The molecule has 1 aromatic rings. The molecule has 0 fully saturated rings. The zero-order valence-corrected chi connectivity index (χ0v) is 14.3. The molecule has 0 aliphatic rings. The van der Waals surface area contributed by atoms with Gasteiger partial charge in [0.1, 0.15) is 10.7 Å². The fraction of sp³-hybridized carbons (Fsp3) is 0.667. The standard InChI is InChI=1S/C15H27N3O2S/c1-5-11-16-14-10-9-13(12-17-14)21(19,20)18-15(6-2,7-3)8-4/h9-10,12,18H,5-8,11H2,1-4H3,(H,16,17). The van der Waals surface area contributed by atoms with E-state index in [2.05, 4.69) is 21.9 Å². The molecule has 120 valence electrons. The van der Waals surface area contributed by atoms with Crippen molar-refractivity contribution >= 4 is 15.8 Å². The van der Waals surface area contributed by atoms with Gasteiger partial charge >= 0.3 is 0 Å². The number of aromatic nitrogens is 1. The summed E-state index contributed by atoms with van der Waals surface area (Å²) in [6.45, 7) is 8.90. The monoisotopic (exact) mass is 313 g/mol. The molecule has 0 aliphatic carbocycles. The van der Waals surface area contributed by atoms with Crippen LogP contribution in [0.25, 0.3) is 0 Å². The first-order valence-electron chi connectivity index (χ1n) is 7.67. The van der Waals surface area contributed by atoms with Crippen LogP contribution in [0.3, 0.4) is 0 Å². The van der Waals surface area contributed by atoms with Crippen molar-refractivity contribution in [2.75, 3.05) is 11.9 Å². The van der Waals surface area contributed by atoms with E-state index in [4.69, 9.17) is 0 Å². The molecule has 6 heteroatoms. The van der Waals surface area contributed by atoms with Crippen LogP contribution in [0.5, 0.6) is 0 Å². The average molecular weight is 313 g/mol. The zero-order chi connectivity index (χ0) is 15.9. The smallest absolute Gasteiger partial charge is 0.242 e. The first kappa shape index (κ1) is 17.9. The average Bonchev–Trinajstić information content (AvgIpc) is 2.51. The van der Waals surface area contributed by atoms with E-state index < -0.39 is 10.0 Å². The van der Waals surface area contributed by atoms with Crippen molar-refractivity contribution in [1.29, 1.82) is 0 Å². The van der Waals surface area contributed by atoms with Crippen LogP contribution in [-0.2, 0) is 10.0 Å². The van der Waals surface area contributed by atoms with Gasteiger partial charge in [-0.15, -0.1) is 0 Å². The van der Waals surface area contributed by atoms with Crippen LogP contribution in [0.2, 0.25) is 0 Å². The first-order valence-corrected chi connectivity index (χ1v) is 9.15. The molecule has 0 saturated heterocycles. The molecule has 0 aliphatic heterocycles. The molecular weight excluding hydrogens is 286 g/mol. The van der Waals surface area contributed by atoms with Crippen molar-refractivity contribution in [3.8, 4) is 0 Å².